The first kappa shape index (κ1) is 5.10. The van der Waals surface area contributed by atoms with Gasteiger partial charge in [0, 0.05) is 25.7 Å². The molecule has 0 saturated heterocycles. The van der Waals surface area contributed by atoms with Gasteiger partial charge < -0.3 is 4.90 Å². The standard InChI is InChI=1S/C8H11N/c1-9-6-5-7-3-2-4-8(7)9/h2-3H,4-6H2,1H3. The summed E-state index contributed by atoms with van der Waals surface area (Å²) in [6.07, 6.45) is 6.95. The fourth-order valence-corrected chi connectivity index (χ4v) is 1.59. The summed E-state index contributed by atoms with van der Waals surface area (Å²) in [5.74, 6) is 0. The molecule has 0 bridgehead atoms. The van der Waals surface area contributed by atoms with Crippen LogP contribution in [0.5, 0.6) is 0 Å². The molecule has 1 nitrogen and oxygen atoms in total. The van der Waals surface area contributed by atoms with Gasteiger partial charge in [0.1, 0.15) is 0 Å². The van der Waals surface area contributed by atoms with Gasteiger partial charge in [-0.15, -0.1) is 0 Å². The largest absolute Gasteiger partial charge is 0.377 e. The molecule has 1 heterocycles. The lowest BCUT2D eigenvalue weighted by Crippen LogP contribution is -2.11. The van der Waals surface area contributed by atoms with Gasteiger partial charge in [-0.25, -0.2) is 0 Å². The fourth-order valence-electron chi connectivity index (χ4n) is 1.59. The Labute approximate surface area is 55.7 Å². The molecule has 0 N–H and O–H groups in total. The van der Waals surface area contributed by atoms with Gasteiger partial charge >= 0.3 is 0 Å². The lowest BCUT2D eigenvalue weighted by atomic mass is 10.2. The van der Waals surface area contributed by atoms with Gasteiger partial charge in [-0.05, 0) is 12.0 Å². The van der Waals surface area contributed by atoms with Crippen molar-refractivity contribution in [3.05, 3.63) is 23.4 Å². The maximum Gasteiger partial charge on any atom is 0.0213 e. The van der Waals surface area contributed by atoms with Crippen molar-refractivity contribution in [2.45, 2.75) is 12.8 Å². The van der Waals surface area contributed by atoms with E-state index in [1.54, 1.807) is 11.3 Å². The molecular weight excluding hydrogens is 110 g/mol. The van der Waals surface area contributed by atoms with Crippen molar-refractivity contribution in [2.75, 3.05) is 13.6 Å². The molecule has 0 radical (unpaired) electrons. The molecule has 2 aliphatic rings. The van der Waals surface area contributed by atoms with Crippen LogP contribution in [-0.4, -0.2) is 18.5 Å². The highest BCUT2D eigenvalue weighted by atomic mass is 15.1. The molecular formula is C8H11N. The van der Waals surface area contributed by atoms with Crippen LogP contribution in [-0.2, 0) is 0 Å². The summed E-state index contributed by atoms with van der Waals surface area (Å²) < 4.78 is 0. The first-order chi connectivity index (χ1) is 4.38. The van der Waals surface area contributed by atoms with Gasteiger partial charge in [-0.2, -0.15) is 0 Å². The zero-order valence-electron chi connectivity index (χ0n) is 5.72. The zero-order chi connectivity index (χ0) is 6.27. The summed E-state index contributed by atoms with van der Waals surface area (Å²) in [5.41, 5.74) is 3.12. The van der Waals surface area contributed by atoms with Crippen LogP contribution in [0.15, 0.2) is 23.4 Å². The Morgan fingerprint density at radius 1 is 1.56 bits per heavy atom. The Hall–Kier alpha value is -0.720. The summed E-state index contributed by atoms with van der Waals surface area (Å²) in [4.78, 5) is 2.36. The smallest absolute Gasteiger partial charge is 0.0213 e. The van der Waals surface area contributed by atoms with Crippen LogP contribution >= 0.6 is 0 Å². The van der Waals surface area contributed by atoms with Crippen molar-refractivity contribution >= 4 is 0 Å². The Morgan fingerprint density at radius 3 is 3.22 bits per heavy atom. The molecule has 1 aliphatic carbocycles. The highest BCUT2D eigenvalue weighted by Gasteiger charge is 2.18. The average molecular weight is 121 g/mol. The Morgan fingerprint density at radius 2 is 2.44 bits per heavy atom. The van der Waals surface area contributed by atoms with E-state index in [0.29, 0.717) is 0 Å². The topological polar surface area (TPSA) is 3.24 Å². The van der Waals surface area contributed by atoms with Crippen molar-refractivity contribution in [1.82, 2.24) is 4.90 Å². The first-order valence-electron chi connectivity index (χ1n) is 3.47. The van der Waals surface area contributed by atoms with Gasteiger partial charge in [0.2, 0.25) is 0 Å². The maximum absolute atomic E-state index is 2.36. The number of nitrogens with zero attached hydrogens (tertiary/aromatic N) is 1. The van der Waals surface area contributed by atoms with E-state index in [1.807, 2.05) is 0 Å². The second kappa shape index (κ2) is 1.63. The minimum Gasteiger partial charge on any atom is -0.377 e. The number of hydrogen-bond donors (Lipinski definition) is 0. The van der Waals surface area contributed by atoms with E-state index in [-0.39, 0.29) is 0 Å². The number of allylic oxidation sites excluding steroid dienone is 2. The predicted molar refractivity (Wildman–Crippen MR) is 38.0 cm³/mol. The van der Waals surface area contributed by atoms with Crippen molar-refractivity contribution in [3.8, 4) is 0 Å². The fraction of sp³-hybridized carbons (Fsp3) is 0.500. The molecule has 0 saturated carbocycles. The first-order valence-corrected chi connectivity index (χ1v) is 3.47. The van der Waals surface area contributed by atoms with Crippen LogP contribution in [0.1, 0.15) is 12.8 Å². The van der Waals surface area contributed by atoms with E-state index in [0.717, 1.165) is 0 Å². The third-order valence-electron chi connectivity index (χ3n) is 2.18. The van der Waals surface area contributed by atoms with Crippen molar-refractivity contribution in [1.29, 1.82) is 0 Å². The average Bonchev–Trinajstić information content (AvgIpc) is 2.35. The molecule has 1 heteroatoms. The molecule has 0 spiro atoms. The van der Waals surface area contributed by atoms with Crippen molar-refractivity contribution in [2.24, 2.45) is 0 Å². The van der Waals surface area contributed by atoms with Gasteiger partial charge in [0.15, 0.2) is 0 Å². The Balaban J connectivity index is 2.31. The minimum absolute atomic E-state index is 1.17. The number of rotatable bonds is 0. The SMILES string of the molecule is CN1CCC2=C1CC=C2. The molecule has 2 rings (SSSR count). The Kier molecular flexibility index (Phi) is 0.922. The highest BCUT2D eigenvalue weighted by molar-refractivity contribution is 5.36. The predicted octanol–water partition coefficient (Wildman–Crippen LogP) is 1.54. The van der Waals surface area contributed by atoms with Crippen molar-refractivity contribution < 1.29 is 0 Å². The van der Waals surface area contributed by atoms with Gasteiger partial charge in [-0.3, -0.25) is 0 Å². The molecule has 0 aromatic carbocycles. The normalized spacial score (nSPS) is 23.9. The maximum atomic E-state index is 2.36. The van der Waals surface area contributed by atoms with E-state index in [9.17, 15) is 0 Å². The van der Waals surface area contributed by atoms with E-state index in [4.69, 9.17) is 0 Å². The van der Waals surface area contributed by atoms with E-state index < -0.39 is 0 Å². The summed E-state index contributed by atoms with van der Waals surface area (Å²) in [6.45, 7) is 1.23. The zero-order valence-corrected chi connectivity index (χ0v) is 5.72. The van der Waals surface area contributed by atoms with Crippen molar-refractivity contribution in [3.63, 3.8) is 0 Å². The highest BCUT2D eigenvalue weighted by Crippen LogP contribution is 2.29. The minimum atomic E-state index is 1.17. The van der Waals surface area contributed by atoms with Crippen LogP contribution in [0.3, 0.4) is 0 Å². The van der Waals surface area contributed by atoms with Gasteiger partial charge in [0.25, 0.3) is 0 Å². The molecule has 0 amide bonds. The second-order valence-corrected chi connectivity index (χ2v) is 2.75. The van der Waals surface area contributed by atoms with Crippen LogP contribution < -0.4 is 0 Å². The van der Waals surface area contributed by atoms with Crippen LogP contribution in [0.4, 0.5) is 0 Å². The molecule has 0 aromatic rings. The number of hydrogen-bond acceptors (Lipinski definition) is 1. The Bertz CT molecular complexity index is 189. The van der Waals surface area contributed by atoms with Gasteiger partial charge in [0.05, 0.1) is 0 Å². The summed E-state index contributed by atoms with van der Waals surface area (Å²) in [5, 5.41) is 0. The molecule has 0 aromatic heterocycles. The van der Waals surface area contributed by atoms with Crippen LogP contribution in [0.2, 0.25) is 0 Å². The molecule has 0 unspecified atom stereocenters. The summed E-state index contributed by atoms with van der Waals surface area (Å²) in [6, 6.07) is 0. The summed E-state index contributed by atoms with van der Waals surface area (Å²) >= 11 is 0. The lowest BCUT2D eigenvalue weighted by Gasteiger charge is -2.12. The monoisotopic (exact) mass is 121 g/mol. The second-order valence-electron chi connectivity index (χ2n) is 2.75. The molecule has 0 atom stereocenters. The summed E-state index contributed by atoms with van der Waals surface area (Å²) in [7, 11) is 2.18. The van der Waals surface area contributed by atoms with Gasteiger partial charge in [-0.1, -0.05) is 12.2 Å². The quantitative estimate of drug-likeness (QED) is 0.470. The van der Waals surface area contributed by atoms with Crippen LogP contribution in [0, 0.1) is 0 Å². The molecule has 1 aliphatic heterocycles. The van der Waals surface area contributed by atoms with E-state index >= 15 is 0 Å². The molecule has 9 heavy (non-hydrogen) atoms. The third kappa shape index (κ3) is 0.607. The lowest BCUT2D eigenvalue weighted by molar-refractivity contribution is 0.451. The molecule has 0 fully saturated rings. The van der Waals surface area contributed by atoms with E-state index in [2.05, 4.69) is 24.1 Å². The third-order valence-corrected chi connectivity index (χ3v) is 2.18. The van der Waals surface area contributed by atoms with E-state index in [1.165, 1.54) is 19.4 Å². The molecule has 48 valence electrons. The van der Waals surface area contributed by atoms with Crippen LogP contribution in [0.25, 0.3) is 0 Å².